The molecule has 1 aliphatic rings. The molecule has 1 aliphatic heterocycles. The second kappa shape index (κ2) is 7.53. The van der Waals surface area contributed by atoms with Gasteiger partial charge in [-0.2, -0.15) is 5.10 Å². The van der Waals surface area contributed by atoms with Crippen LogP contribution in [0.5, 0.6) is 0 Å². The van der Waals surface area contributed by atoms with E-state index in [4.69, 9.17) is 0 Å². The number of hydrogen-bond donors (Lipinski definition) is 1. The first kappa shape index (κ1) is 18.7. The summed E-state index contributed by atoms with van der Waals surface area (Å²) in [4.78, 5) is 29.0. The highest BCUT2D eigenvalue weighted by Gasteiger charge is 2.18. The summed E-state index contributed by atoms with van der Waals surface area (Å²) in [6.07, 6.45) is 6.44. The number of nitrogens with zero attached hydrogens (tertiary/aromatic N) is 6. The summed E-state index contributed by atoms with van der Waals surface area (Å²) in [7, 11) is 1.91. The fraction of sp³-hybridized carbons (Fsp3) is 0.364. The lowest BCUT2D eigenvalue weighted by atomic mass is 10.1. The number of pyridine rings is 3. The fourth-order valence-electron chi connectivity index (χ4n) is 4.14. The zero-order valence-corrected chi connectivity index (χ0v) is 17.3. The van der Waals surface area contributed by atoms with Crippen molar-refractivity contribution in [2.75, 3.05) is 31.1 Å². The van der Waals surface area contributed by atoms with Gasteiger partial charge in [0.1, 0.15) is 0 Å². The van der Waals surface area contributed by atoms with Crippen molar-refractivity contribution in [1.29, 1.82) is 0 Å². The van der Waals surface area contributed by atoms with Crippen molar-refractivity contribution in [2.45, 2.75) is 19.9 Å². The van der Waals surface area contributed by atoms with Crippen molar-refractivity contribution in [3.05, 3.63) is 58.3 Å². The van der Waals surface area contributed by atoms with Gasteiger partial charge in [-0.1, -0.05) is 6.92 Å². The first-order chi connectivity index (χ1) is 14.6. The van der Waals surface area contributed by atoms with E-state index in [1.807, 2.05) is 38.6 Å². The molecule has 0 bridgehead atoms. The van der Waals surface area contributed by atoms with E-state index < -0.39 is 0 Å². The first-order valence-electron chi connectivity index (χ1n) is 10.4. The molecule has 0 amide bonds. The highest BCUT2D eigenvalue weighted by atomic mass is 16.1. The summed E-state index contributed by atoms with van der Waals surface area (Å²) < 4.78 is 1.80. The second-order valence-electron chi connectivity index (χ2n) is 7.89. The molecule has 30 heavy (non-hydrogen) atoms. The van der Waals surface area contributed by atoms with E-state index >= 15 is 0 Å². The molecule has 4 aromatic rings. The zero-order valence-electron chi connectivity index (χ0n) is 17.3. The van der Waals surface area contributed by atoms with Crippen LogP contribution in [0.4, 0.5) is 5.69 Å². The van der Waals surface area contributed by atoms with Gasteiger partial charge in [-0.15, -0.1) is 0 Å². The van der Waals surface area contributed by atoms with Gasteiger partial charge >= 0.3 is 0 Å². The van der Waals surface area contributed by atoms with Crippen LogP contribution < -0.4 is 10.5 Å². The van der Waals surface area contributed by atoms with Crippen molar-refractivity contribution < 1.29 is 0 Å². The predicted molar refractivity (Wildman–Crippen MR) is 118 cm³/mol. The lowest BCUT2D eigenvalue weighted by Crippen LogP contribution is -2.46. The molecule has 0 aromatic carbocycles. The number of hydrogen-bond acceptors (Lipinski definition) is 6. The minimum atomic E-state index is -0.0169. The van der Waals surface area contributed by atoms with Gasteiger partial charge in [0, 0.05) is 56.9 Å². The highest BCUT2D eigenvalue weighted by Crippen LogP contribution is 2.21. The monoisotopic (exact) mass is 403 g/mol. The quantitative estimate of drug-likeness (QED) is 0.562. The van der Waals surface area contributed by atoms with Gasteiger partial charge in [-0.3, -0.25) is 19.4 Å². The lowest BCUT2D eigenvalue weighted by molar-refractivity contribution is 0.249. The van der Waals surface area contributed by atoms with Gasteiger partial charge in [0.2, 0.25) is 0 Å². The van der Waals surface area contributed by atoms with Crippen molar-refractivity contribution >= 4 is 27.8 Å². The van der Waals surface area contributed by atoms with E-state index in [1.54, 1.807) is 4.68 Å². The molecule has 0 aliphatic carbocycles. The molecule has 1 N–H and O–H groups in total. The summed E-state index contributed by atoms with van der Waals surface area (Å²) in [5.41, 5.74) is 5.59. The van der Waals surface area contributed by atoms with E-state index in [1.165, 1.54) is 0 Å². The molecule has 1 saturated heterocycles. The van der Waals surface area contributed by atoms with E-state index in [0.717, 1.165) is 71.6 Å². The Morgan fingerprint density at radius 1 is 1.03 bits per heavy atom. The van der Waals surface area contributed by atoms with E-state index in [9.17, 15) is 4.79 Å². The Kier molecular flexibility index (Phi) is 4.71. The van der Waals surface area contributed by atoms with Crippen molar-refractivity contribution in [2.24, 2.45) is 7.05 Å². The standard InChI is InChI=1S/C22H25N7O/c1-3-16-10-19-20(26-22(16)30)8-15(11-23-19)14-28-4-6-29(7-5-28)18-9-17-12-25-27(2)21(17)24-13-18/h8-13H,3-7,14H2,1-2H3,(H,26,30). The van der Waals surface area contributed by atoms with Crippen LogP contribution in [0.1, 0.15) is 18.1 Å². The third-order valence-electron chi connectivity index (χ3n) is 5.91. The third kappa shape index (κ3) is 3.43. The summed E-state index contributed by atoms with van der Waals surface area (Å²) in [5, 5.41) is 5.35. The van der Waals surface area contributed by atoms with E-state index in [-0.39, 0.29) is 5.56 Å². The molecule has 8 heteroatoms. The number of aromatic nitrogens is 5. The van der Waals surface area contributed by atoms with Crippen LogP contribution in [0, 0.1) is 0 Å². The largest absolute Gasteiger partial charge is 0.368 e. The Labute approximate surface area is 174 Å². The minimum Gasteiger partial charge on any atom is -0.368 e. The number of piperazine rings is 1. The maximum Gasteiger partial charge on any atom is 0.251 e. The third-order valence-corrected chi connectivity index (χ3v) is 5.91. The molecule has 154 valence electrons. The van der Waals surface area contributed by atoms with Crippen LogP contribution in [0.15, 0.2) is 41.6 Å². The number of nitrogens with one attached hydrogen (secondary N) is 1. The number of H-pyrrole nitrogens is 1. The molecule has 8 nitrogen and oxygen atoms in total. The Hall–Kier alpha value is -3.26. The average Bonchev–Trinajstić information content (AvgIpc) is 3.14. The normalized spacial score (nSPS) is 15.3. The maximum atomic E-state index is 12.1. The van der Waals surface area contributed by atoms with Crippen LogP contribution >= 0.6 is 0 Å². The summed E-state index contributed by atoms with van der Waals surface area (Å²) in [5.74, 6) is 0. The summed E-state index contributed by atoms with van der Waals surface area (Å²) in [6.45, 7) is 6.64. The Morgan fingerprint density at radius 2 is 1.87 bits per heavy atom. The minimum absolute atomic E-state index is 0.0169. The SMILES string of the molecule is CCc1cc2ncc(CN3CCN(c4cnc5c(cnn5C)c4)CC3)cc2[nH]c1=O. The molecule has 5 rings (SSSR count). The van der Waals surface area contributed by atoms with Gasteiger partial charge in [0.05, 0.1) is 29.1 Å². The van der Waals surface area contributed by atoms with Crippen molar-refractivity contribution in [3.63, 3.8) is 0 Å². The molecule has 4 aromatic heterocycles. The highest BCUT2D eigenvalue weighted by molar-refractivity contribution is 5.78. The average molecular weight is 403 g/mol. The maximum absolute atomic E-state index is 12.1. The van der Waals surface area contributed by atoms with Crippen LogP contribution in [0.25, 0.3) is 22.1 Å². The number of rotatable bonds is 4. The molecule has 0 atom stereocenters. The predicted octanol–water partition coefficient (Wildman–Crippen LogP) is 2.09. The molecule has 0 unspecified atom stereocenters. The van der Waals surface area contributed by atoms with Gasteiger partial charge < -0.3 is 9.88 Å². The van der Waals surface area contributed by atoms with Crippen LogP contribution in [-0.2, 0) is 20.0 Å². The molecule has 0 saturated carbocycles. The number of fused-ring (bicyclic) bond motifs is 2. The van der Waals surface area contributed by atoms with Gasteiger partial charge in [-0.25, -0.2) is 4.98 Å². The Bertz CT molecular complexity index is 1270. The van der Waals surface area contributed by atoms with E-state index in [2.05, 4.69) is 42.0 Å². The van der Waals surface area contributed by atoms with Crippen LogP contribution in [-0.4, -0.2) is 55.8 Å². The van der Waals surface area contributed by atoms with E-state index in [0.29, 0.717) is 6.42 Å². The zero-order chi connectivity index (χ0) is 20.7. The molecule has 0 radical (unpaired) electrons. The molecule has 1 fully saturated rings. The Balaban J connectivity index is 1.26. The van der Waals surface area contributed by atoms with Crippen molar-refractivity contribution in [3.8, 4) is 0 Å². The summed E-state index contributed by atoms with van der Waals surface area (Å²) >= 11 is 0. The number of anilines is 1. The van der Waals surface area contributed by atoms with Gasteiger partial charge in [0.25, 0.3) is 5.56 Å². The molecule has 5 heterocycles. The van der Waals surface area contributed by atoms with Gasteiger partial charge in [0.15, 0.2) is 5.65 Å². The fourth-order valence-corrected chi connectivity index (χ4v) is 4.14. The van der Waals surface area contributed by atoms with Crippen molar-refractivity contribution in [1.82, 2.24) is 29.6 Å². The number of aryl methyl sites for hydroxylation is 2. The first-order valence-corrected chi connectivity index (χ1v) is 10.4. The Morgan fingerprint density at radius 3 is 2.67 bits per heavy atom. The lowest BCUT2D eigenvalue weighted by Gasteiger charge is -2.36. The molecule has 0 spiro atoms. The van der Waals surface area contributed by atoms with Crippen LogP contribution in [0.3, 0.4) is 0 Å². The number of aromatic amines is 1. The topological polar surface area (TPSA) is 82.9 Å². The van der Waals surface area contributed by atoms with Crippen LogP contribution in [0.2, 0.25) is 0 Å². The smallest absolute Gasteiger partial charge is 0.251 e. The van der Waals surface area contributed by atoms with Gasteiger partial charge in [-0.05, 0) is 30.2 Å². The molecular formula is C22H25N7O. The second-order valence-corrected chi connectivity index (χ2v) is 7.89. The summed E-state index contributed by atoms with van der Waals surface area (Å²) in [6, 6.07) is 6.11. The molecular weight excluding hydrogens is 378 g/mol.